The number of rotatable bonds is 2. The fraction of sp³-hybridized carbons (Fsp3) is 0.538. The van der Waals surface area contributed by atoms with Gasteiger partial charge >= 0.3 is 0 Å². The summed E-state index contributed by atoms with van der Waals surface area (Å²) in [7, 11) is 0. The second-order valence-electron chi connectivity index (χ2n) is 5.01. The third-order valence-electron chi connectivity index (χ3n) is 4.16. The molecule has 1 saturated carbocycles. The van der Waals surface area contributed by atoms with Gasteiger partial charge in [-0.15, -0.1) is 0 Å². The van der Waals surface area contributed by atoms with Gasteiger partial charge in [0.25, 0.3) is 0 Å². The zero-order valence-electron chi connectivity index (χ0n) is 9.34. The largest absolute Gasteiger partial charge is 0.302 e. The molecule has 1 saturated heterocycles. The van der Waals surface area contributed by atoms with Gasteiger partial charge in [-0.2, -0.15) is 0 Å². The summed E-state index contributed by atoms with van der Waals surface area (Å²) in [4.78, 5) is 2.52. The number of likely N-dealkylation sites (tertiary alicyclic amines) is 1. The molecule has 2 fully saturated rings. The summed E-state index contributed by atoms with van der Waals surface area (Å²) in [5, 5.41) is 1.35. The van der Waals surface area contributed by atoms with E-state index in [1.165, 1.54) is 25.1 Å². The normalized spacial score (nSPS) is 32.8. The topological polar surface area (TPSA) is 3.24 Å². The number of nitrogens with zero attached hydrogens (tertiary/aromatic N) is 1. The third kappa shape index (κ3) is 1.49. The van der Waals surface area contributed by atoms with E-state index in [0.717, 1.165) is 12.5 Å². The molecule has 0 spiro atoms. The average molecular weight is 256 g/mol. The number of likely N-dealkylation sites (N-methyl/N-ethyl adjacent to an activating group) is 1. The smallest absolute Gasteiger partial charge is 0.0595 e. The zero-order valence-corrected chi connectivity index (χ0v) is 10.9. The second kappa shape index (κ2) is 3.63. The Bertz CT molecular complexity index is 432. The summed E-state index contributed by atoms with van der Waals surface area (Å²) in [5.41, 5.74) is 1.77. The molecule has 1 heterocycles. The molecule has 0 amide bonds. The summed E-state index contributed by atoms with van der Waals surface area (Å²) < 4.78 is 0. The maximum Gasteiger partial charge on any atom is 0.0595 e. The highest BCUT2D eigenvalue weighted by Gasteiger charge is 2.60. The molecular weight excluding hydrogens is 241 g/mol. The van der Waals surface area contributed by atoms with Gasteiger partial charge in [-0.1, -0.05) is 36.2 Å². The van der Waals surface area contributed by atoms with E-state index in [-0.39, 0.29) is 0 Å². The number of benzene rings is 1. The Morgan fingerprint density at radius 2 is 2.19 bits per heavy atom. The molecule has 86 valence electrons. The number of hydrogen-bond donors (Lipinski definition) is 0. The van der Waals surface area contributed by atoms with E-state index in [1.54, 1.807) is 0 Å². The van der Waals surface area contributed by atoms with E-state index in [2.05, 4.69) is 24.0 Å². The molecule has 1 unspecified atom stereocenters. The van der Waals surface area contributed by atoms with Crippen molar-refractivity contribution in [1.29, 1.82) is 0 Å². The molecule has 1 aliphatic carbocycles. The van der Waals surface area contributed by atoms with Crippen molar-refractivity contribution >= 4 is 23.2 Å². The molecule has 16 heavy (non-hydrogen) atoms. The minimum atomic E-state index is 0.393. The van der Waals surface area contributed by atoms with Crippen LogP contribution >= 0.6 is 23.2 Å². The van der Waals surface area contributed by atoms with Crippen molar-refractivity contribution in [3.63, 3.8) is 0 Å². The molecule has 2 atom stereocenters. The molecule has 3 heteroatoms. The lowest BCUT2D eigenvalue weighted by Crippen LogP contribution is -2.26. The van der Waals surface area contributed by atoms with Crippen LogP contribution in [-0.4, -0.2) is 24.5 Å². The number of hydrogen-bond acceptors (Lipinski definition) is 1. The molecule has 3 rings (SSSR count). The van der Waals surface area contributed by atoms with Crippen LogP contribution in [0.15, 0.2) is 18.2 Å². The van der Waals surface area contributed by atoms with E-state index in [4.69, 9.17) is 23.2 Å². The molecule has 0 bridgehead atoms. The van der Waals surface area contributed by atoms with Gasteiger partial charge in [0.1, 0.15) is 0 Å². The summed E-state index contributed by atoms with van der Waals surface area (Å²) in [5.74, 6) is 0.838. The highest BCUT2D eigenvalue weighted by molar-refractivity contribution is 6.42. The lowest BCUT2D eigenvalue weighted by Gasteiger charge is -2.19. The standard InChI is InChI=1S/C13H15Cl2N/c1-2-16-7-10-6-13(10,8-16)9-3-4-11(14)12(15)5-9/h3-5,10H,2,6-8H2,1H3/t10-,13?/m0/s1. The average Bonchev–Trinajstić information content (AvgIpc) is 2.86. The van der Waals surface area contributed by atoms with Gasteiger partial charge in [0.2, 0.25) is 0 Å². The Balaban J connectivity index is 1.91. The van der Waals surface area contributed by atoms with Gasteiger partial charge in [-0.25, -0.2) is 0 Å². The highest BCUT2D eigenvalue weighted by atomic mass is 35.5. The van der Waals surface area contributed by atoms with Gasteiger partial charge in [-0.3, -0.25) is 0 Å². The molecule has 1 aromatic rings. The van der Waals surface area contributed by atoms with Gasteiger partial charge in [0.05, 0.1) is 10.0 Å². The number of halogens is 2. The first-order valence-electron chi connectivity index (χ1n) is 5.83. The van der Waals surface area contributed by atoms with Crippen molar-refractivity contribution in [2.24, 2.45) is 5.92 Å². The molecule has 0 N–H and O–H groups in total. The Hall–Kier alpha value is -0.240. The van der Waals surface area contributed by atoms with Crippen LogP contribution in [0.4, 0.5) is 0 Å². The molecule has 0 radical (unpaired) electrons. The molecule has 1 nitrogen and oxygen atoms in total. The Kier molecular flexibility index (Phi) is 2.47. The number of fused-ring (bicyclic) bond motifs is 1. The van der Waals surface area contributed by atoms with Crippen molar-refractivity contribution in [2.45, 2.75) is 18.8 Å². The van der Waals surface area contributed by atoms with Crippen LogP contribution in [0, 0.1) is 5.92 Å². The lowest BCUT2D eigenvalue weighted by atomic mass is 9.95. The van der Waals surface area contributed by atoms with Crippen LogP contribution in [0.3, 0.4) is 0 Å². The first kappa shape index (κ1) is 10.9. The van der Waals surface area contributed by atoms with E-state index in [0.29, 0.717) is 15.5 Å². The second-order valence-corrected chi connectivity index (χ2v) is 5.83. The first-order chi connectivity index (χ1) is 7.65. The molecular formula is C13H15Cl2N. The Labute approximate surface area is 106 Å². The molecule has 1 aliphatic heterocycles. The van der Waals surface area contributed by atoms with Crippen LogP contribution in [0.5, 0.6) is 0 Å². The van der Waals surface area contributed by atoms with E-state index < -0.39 is 0 Å². The highest BCUT2D eigenvalue weighted by Crippen LogP contribution is 2.59. The lowest BCUT2D eigenvalue weighted by molar-refractivity contribution is 0.314. The van der Waals surface area contributed by atoms with Gasteiger partial charge in [-0.05, 0) is 36.6 Å². The summed E-state index contributed by atoms with van der Waals surface area (Å²) in [6.45, 7) is 5.82. The van der Waals surface area contributed by atoms with E-state index >= 15 is 0 Å². The maximum absolute atomic E-state index is 6.10. The Morgan fingerprint density at radius 1 is 1.38 bits per heavy atom. The first-order valence-corrected chi connectivity index (χ1v) is 6.59. The quantitative estimate of drug-likeness (QED) is 0.781. The van der Waals surface area contributed by atoms with Crippen LogP contribution in [0.25, 0.3) is 0 Å². The predicted octanol–water partition coefficient (Wildman–Crippen LogP) is 3.59. The zero-order chi connectivity index (χ0) is 11.3. The fourth-order valence-corrected chi connectivity index (χ4v) is 3.38. The number of piperidine rings is 1. The minimum Gasteiger partial charge on any atom is -0.302 e. The Morgan fingerprint density at radius 3 is 2.81 bits per heavy atom. The van der Waals surface area contributed by atoms with Crippen molar-refractivity contribution in [3.8, 4) is 0 Å². The monoisotopic (exact) mass is 255 g/mol. The molecule has 0 aromatic heterocycles. The molecule has 1 aromatic carbocycles. The van der Waals surface area contributed by atoms with E-state index in [1.807, 2.05) is 6.07 Å². The van der Waals surface area contributed by atoms with Crippen molar-refractivity contribution < 1.29 is 0 Å². The van der Waals surface area contributed by atoms with Crippen molar-refractivity contribution in [3.05, 3.63) is 33.8 Å². The molecule has 2 aliphatic rings. The van der Waals surface area contributed by atoms with Gasteiger partial charge in [0, 0.05) is 18.5 Å². The third-order valence-corrected chi connectivity index (χ3v) is 4.90. The van der Waals surface area contributed by atoms with Crippen LogP contribution in [0.2, 0.25) is 10.0 Å². The maximum atomic E-state index is 6.10. The van der Waals surface area contributed by atoms with Crippen molar-refractivity contribution in [1.82, 2.24) is 4.90 Å². The minimum absolute atomic E-state index is 0.393. The fourth-order valence-electron chi connectivity index (χ4n) is 3.08. The summed E-state index contributed by atoms with van der Waals surface area (Å²) >= 11 is 12.1. The van der Waals surface area contributed by atoms with Crippen LogP contribution < -0.4 is 0 Å². The van der Waals surface area contributed by atoms with Gasteiger partial charge < -0.3 is 4.90 Å². The summed E-state index contributed by atoms with van der Waals surface area (Å²) in [6, 6.07) is 6.13. The van der Waals surface area contributed by atoms with Crippen LogP contribution in [0.1, 0.15) is 18.9 Å². The predicted molar refractivity (Wildman–Crippen MR) is 68.4 cm³/mol. The SMILES string of the molecule is CCN1C[C@@H]2CC2(c2ccc(Cl)c(Cl)c2)C1. The van der Waals surface area contributed by atoms with E-state index in [9.17, 15) is 0 Å². The van der Waals surface area contributed by atoms with Crippen LogP contribution in [-0.2, 0) is 5.41 Å². The summed E-state index contributed by atoms with van der Waals surface area (Å²) in [6.07, 6.45) is 1.32. The van der Waals surface area contributed by atoms with Crippen molar-refractivity contribution in [2.75, 3.05) is 19.6 Å². The van der Waals surface area contributed by atoms with Gasteiger partial charge in [0.15, 0.2) is 0 Å².